The average Bonchev–Trinajstić information content (AvgIpc) is 3.15. The second kappa shape index (κ2) is 8.20. The molecule has 0 radical (unpaired) electrons. The summed E-state index contributed by atoms with van der Waals surface area (Å²) in [4.78, 5) is 8.38. The Morgan fingerprint density at radius 3 is 2.86 bits per heavy atom. The maximum atomic E-state index is 4.79. The Bertz CT molecular complexity index is 532. The van der Waals surface area contributed by atoms with Gasteiger partial charge < -0.3 is 10.2 Å². The summed E-state index contributed by atoms with van der Waals surface area (Å²) >= 11 is 3.54. The number of aliphatic imine (C=N–C) groups is 1. The fourth-order valence-electron chi connectivity index (χ4n) is 2.09. The Kier molecular flexibility index (Phi) is 6.26. The van der Waals surface area contributed by atoms with E-state index in [2.05, 4.69) is 65.5 Å². The first kappa shape index (κ1) is 16.0. The summed E-state index contributed by atoms with van der Waals surface area (Å²) in [5, 5.41) is 9.81. The lowest BCUT2D eigenvalue weighted by molar-refractivity contribution is 0.476. The van der Waals surface area contributed by atoms with Crippen LogP contribution < -0.4 is 5.32 Å². The first-order valence-electron chi connectivity index (χ1n) is 7.24. The van der Waals surface area contributed by atoms with Crippen LogP contribution in [0.15, 0.2) is 39.3 Å². The van der Waals surface area contributed by atoms with Crippen LogP contribution in [0.25, 0.3) is 0 Å². The van der Waals surface area contributed by atoms with Gasteiger partial charge in [-0.3, -0.25) is 4.99 Å². The lowest BCUT2D eigenvalue weighted by Gasteiger charge is -2.22. The van der Waals surface area contributed by atoms with Gasteiger partial charge in [0.1, 0.15) is 0 Å². The van der Waals surface area contributed by atoms with Crippen molar-refractivity contribution in [3.63, 3.8) is 0 Å². The summed E-state index contributed by atoms with van der Waals surface area (Å²) < 4.78 is 0. The second-order valence-electron chi connectivity index (χ2n) is 5.10. The maximum absolute atomic E-state index is 4.79. The molecule has 0 saturated heterocycles. The molecule has 2 rings (SSSR count). The fourth-order valence-corrected chi connectivity index (χ4v) is 3.52. The normalized spacial score (nSPS) is 13.2. The van der Waals surface area contributed by atoms with E-state index in [0.29, 0.717) is 5.92 Å². The molecule has 2 heterocycles. The molecule has 0 fully saturated rings. The fraction of sp³-hybridized carbons (Fsp3) is 0.438. The van der Waals surface area contributed by atoms with E-state index in [4.69, 9.17) is 4.99 Å². The first-order valence-corrected chi connectivity index (χ1v) is 9.07. The molecule has 2 aromatic heterocycles. The lowest BCUT2D eigenvalue weighted by atomic mass is 10.1. The van der Waals surface area contributed by atoms with Gasteiger partial charge in [0.05, 0.1) is 6.54 Å². The number of thiophene rings is 2. The van der Waals surface area contributed by atoms with Crippen LogP contribution in [0.3, 0.4) is 0 Å². The van der Waals surface area contributed by atoms with Crippen molar-refractivity contribution in [2.75, 3.05) is 20.1 Å². The van der Waals surface area contributed by atoms with Gasteiger partial charge in [-0.05, 0) is 40.8 Å². The van der Waals surface area contributed by atoms with E-state index in [1.54, 1.807) is 22.7 Å². The van der Waals surface area contributed by atoms with E-state index in [1.807, 2.05) is 0 Å². The Balaban J connectivity index is 1.98. The molecule has 0 aliphatic carbocycles. The van der Waals surface area contributed by atoms with Crippen molar-refractivity contribution in [3.05, 3.63) is 44.8 Å². The Hall–Kier alpha value is -1.33. The molecule has 114 valence electrons. The molecule has 0 amide bonds. The molecule has 21 heavy (non-hydrogen) atoms. The highest BCUT2D eigenvalue weighted by molar-refractivity contribution is 7.10. The van der Waals surface area contributed by atoms with Crippen LogP contribution in [0.2, 0.25) is 0 Å². The largest absolute Gasteiger partial charge is 0.357 e. The number of hydrogen-bond acceptors (Lipinski definition) is 3. The average molecular weight is 322 g/mol. The van der Waals surface area contributed by atoms with Gasteiger partial charge in [-0.1, -0.05) is 13.0 Å². The molecule has 0 aromatic carbocycles. The van der Waals surface area contributed by atoms with Gasteiger partial charge in [0.25, 0.3) is 0 Å². The monoisotopic (exact) mass is 321 g/mol. The van der Waals surface area contributed by atoms with E-state index in [-0.39, 0.29) is 0 Å². The third-order valence-corrected chi connectivity index (χ3v) is 5.08. The van der Waals surface area contributed by atoms with Crippen molar-refractivity contribution < 1.29 is 0 Å². The highest BCUT2D eigenvalue weighted by Crippen LogP contribution is 2.20. The molecule has 0 aliphatic rings. The van der Waals surface area contributed by atoms with Crippen molar-refractivity contribution in [1.29, 1.82) is 0 Å². The van der Waals surface area contributed by atoms with Gasteiger partial charge in [0.15, 0.2) is 5.96 Å². The summed E-state index contributed by atoms with van der Waals surface area (Å²) in [6.45, 7) is 6.94. The number of rotatable bonds is 6. The van der Waals surface area contributed by atoms with E-state index < -0.39 is 0 Å². The topological polar surface area (TPSA) is 27.6 Å². The Labute approximate surface area is 135 Å². The van der Waals surface area contributed by atoms with Crippen molar-refractivity contribution in [3.8, 4) is 0 Å². The molecule has 0 aliphatic heterocycles. The lowest BCUT2D eigenvalue weighted by Crippen LogP contribution is -2.38. The van der Waals surface area contributed by atoms with Crippen molar-refractivity contribution in [2.24, 2.45) is 4.99 Å². The van der Waals surface area contributed by atoms with Crippen LogP contribution in [0.1, 0.15) is 30.2 Å². The number of hydrogen-bond donors (Lipinski definition) is 1. The summed E-state index contributed by atoms with van der Waals surface area (Å²) in [6, 6.07) is 6.46. The highest BCUT2D eigenvalue weighted by Gasteiger charge is 2.09. The standard InChI is InChI=1S/C16H23N3S2/c1-4-17-16(19(3)11-14-7-9-20-12-14)18-10-13(2)15-6-5-8-21-15/h5-9,12-13H,4,10-11H2,1-3H3,(H,17,18). The minimum Gasteiger partial charge on any atom is -0.357 e. The van der Waals surface area contributed by atoms with E-state index in [9.17, 15) is 0 Å². The molecule has 1 unspecified atom stereocenters. The summed E-state index contributed by atoms with van der Waals surface area (Å²) in [6.07, 6.45) is 0. The van der Waals surface area contributed by atoms with E-state index >= 15 is 0 Å². The third kappa shape index (κ3) is 4.86. The van der Waals surface area contributed by atoms with Gasteiger partial charge in [-0.15, -0.1) is 11.3 Å². The molecule has 3 nitrogen and oxygen atoms in total. The van der Waals surface area contributed by atoms with Crippen LogP contribution in [0, 0.1) is 0 Å². The van der Waals surface area contributed by atoms with Crippen molar-refractivity contribution >= 4 is 28.6 Å². The van der Waals surface area contributed by atoms with Gasteiger partial charge >= 0.3 is 0 Å². The SMILES string of the molecule is CCNC(=NCC(C)c1cccs1)N(C)Cc1ccsc1. The number of guanidine groups is 1. The summed E-state index contributed by atoms with van der Waals surface area (Å²) in [7, 11) is 2.09. The third-order valence-electron chi connectivity index (χ3n) is 3.24. The van der Waals surface area contributed by atoms with Crippen molar-refractivity contribution in [2.45, 2.75) is 26.3 Å². The van der Waals surface area contributed by atoms with E-state index in [1.165, 1.54) is 10.4 Å². The molecule has 1 N–H and O–H groups in total. The van der Waals surface area contributed by atoms with Crippen LogP contribution in [-0.4, -0.2) is 31.0 Å². The predicted molar refractivity (Wildman–Crippen MR) is 94.5 cm³/mol. The quantitative estimate of drug-likeness (QED) is 0.643. The molecule has 0 saturated carbocycles. The maximum Gasteiger partial charge on any atom is 0.193 e. The minimum absolute atomic E-state index is 0.466. The van der Waals surface area contributed by atoms with Crippen LogP contribution in [0.5, 0.6) is 0 Å². The zero-order valence-electron chi connectivity index (χ0n) is 12.9. The summed E-state index contributed by atoms with van der Waals surface area (Å²) in [5.41, 5.74) is 1.33. The molecule has 5 heteroatoms. The Morgan fingerprint density at radius 1 is 1.38 bits per heavy atom. The van der Waals surface area contributed by atoms with Crippen LogP contribution >= 0.6 is 22.7 Å². The second-order valence-corrected chi connectivity index (χ2v) is 6.86. The molecule has 0 spiro atoms. The predicted octanol–water partition coefficient (Wildman–Crippen LogP) is 4.01. The van der Waals surface area contributed by atoms with Gasteiger partial charge in [-0.2, -0.15) is 11.3 Å². The zero-order valence-corrected chi connectivity index (χ0v) is 14.5. The number of nitrogens with zero attached hydrogens (tertiary/aromatic N) is 2. The van der Waals surface area contributed by atoms with Crippen LogP contribution in [0.4, 0.5) is 0 Å². The molecular weight excluding hydrogens is 298 g/mol. The zero-order chi connectivity index (χ0) is 15.1. The molecule has 0 bridgehead atoms. The highest BCUT2D eigenvalue weighted by atomic mass is 32.1. The summed E-state index contributed by atoms with van der Waals surface area (Å²) in [5.74, 6) is 1.44. The van der Waals surface area contributed by atoms with Gasteiger partial charge in [0, 0.05) is 30.9 Å². The molecule has 1 atom stereocenters. The first-order chi connectivity index (χ1) is 10.2. The van der Waals surface area contributed by atoms with Crippen LogP contribution in [-0.2, 0) is 6.54 Å². The smallest absolute Gasteiger partial charge is 0.193 e. The number of nitrogens with one attached hydrogen (secondary N) is 1. The van der Waals surface area contributed by atoms with Gasteiger partial charge in [0.2, 0.25) is 0 Å². The Morgan fingerprint density at radius 2 is 2.24 bits per heavy atom. The molecule has 2 aromatic rings. The van der Waals surface area contributed by atoms with Gasteiger partial charge in [-0.25, -0.2) is 0 Å². The minimum atomic E-state index is 0.466. The van der Waals surface area contributed by atoms with Crippen molar-refractivity contribution in [1.82, 2.24) is 10.2 Å². The molecular formula is C16H23N3S2. The van der Waals surface area contributed by atoms with E-state index in [0.717, 1.165) is 25.6 Å².